The summed E-state index contributed by atoms with van der Waals surface area (Å²) in [4.78, 5) is 16.3. The van der Waals surface area contributed by atoms with Crippen LogP contribution in [0, 0.1) is 5.92 Å². The molecule has 2 rings (SSSR count). The van der Waals surface area contributed by atoms with Crippen molar-refractivity contribution in [3.8, 4) is 11.3 Å². The second kappa shape index (κ2) is 6.30. The number of hydrogen-bond acceptors (Lipinski definition) is 3. The van der Waals surface area contributed by atoms with Crippen molar-refractivity contribution in [2.45, 2.75) is 20.3 Å². The van der Waals surface area contributed by atoms with E-state index in [0.717, 1.165) is 20.2 Å². The first-order valence-electron chi connectivity index (χ1n) is 6.08. The summed E-state index contributed by atoms with van der Waals surface area (Å²) in [5, 5.41) is 3.74. The fraction of sp³-hybridized carbons (Fsp3) is 0.286. The SMILES string of the molecule is CC(C)CC(=O)Nc1sc(Br)nc1-c1ccccc1. The molecule has 0 bridgehead atoms. The van der Waals surface area contributed by atoms with E-state index in [0.29, 0.717) is 12.3 Å². The fourth-order valence-corrected chi connectivity index (χ4v) is 3.11. The molecular weight excluding hydrogens is 324 g/mol. The zero-order valence-corrected chi connectivity index (χ0v) is 13.2. The number of carbonyl (C=O) groups is 1. The molecule has 0 aliphatic carbocycles. The lowest BCUT2D eigenvalue weighted by atomic mass is 10.1. The number of benzene rings is 1. The van der Waals surface area contributed by atoms with Crippen molar-refractivity contribution in [1.82, 2.24) is 4.98 Å². The first-order valence-corrected chi connectivity index (χ1v) is 7.69. The van der Waals surface area contributed by atoms with Crippen LogP contribution in [0.3, 0.4) is 0 Å². The van der Waals surface area contributed by atoms with E-state index in [-0.39, 0.29) is 5.91 Å². The summed E-state index contributed by atoms with van der Waals surface area (Å²) in [7, 11) is 0. The molecule has 0 aliphatic heterocycles. The van der Waals surface area contributed by atoms with E-state index in [1.54, 1.807) is 0 Å². The molecule has 0 radical (unpaired) electrons. The highest BCUT2D eigenvalue weighted by Gasteiger charge is 2.14. The maximum absolute atomic E-state index is 11.9. The highest BCUT2D eigenvalue weighted by molar-refractivity contribution is 9.11. The first kappa shape index (κ1) is 14.2. The molecule has 0 atom stereocenters. The molecule has 1 heterocycles. The summed E-state index contributed by atoms with van der Waals surface area (Å²) in [6.07, 6.45) is 0.518. The topological polar surface area (TPSA) is 42.0 Å². The van der Waals surface area contributed by atoms with Gasteiger partial charge in [-0.25, -0.2) is 4.98 Å². The number of thiazole rings is 1. The third-order valence-electron chi connectivity index (χ3n) is 2.49. The van der Waals surface area contributed by atoms with Crippen LogP contribution >= 0.6 is 27.3 Å². The summed E-state index contributed by atoms with van der Waals surface area (Å²) in [6, 6.07) is 9.85. The van der Waals surface area contributed by atoms with Crippen molar-refractivity contribution >= 4 is 38.2 Å². The summed E-state index contributed by atoms with van der Waals surface area (Å²) < 4.78 is 0.770. The van der Waals surface area contributed by atoms with E-state index >= 15 is 0 Å². The molecule has 1 aromatic heterocycles. The predicted molar refractivity (Wildman–Crippen MR) is 83.3 cm³/mol. The molecular formula is C14H15BrN2OS. The molecule has 1 amide bonds. The highest BCUT2D eigenvalue weighted by Crippen LogP contribution is 2.35. The van der Waals surface area contributed by atoms with Gasteiger partial charge in [0, 0.05) is 12.0 Å². The smallest absolute Gasteiger partial charge is 0.225 e. The fourth-order valence-electron chi connectivity index (χ4n) is 1.72. The molecule has 0 saturated carbocycles. The molecule has 100 valence electrons. The third kappa shape index (κ3) is 3.88. The Balaban J connectivity index is 2.24. The van der Waals surface area contributed by atoms with Gasteiger partial charge in [0.1, 0.15) is 10.7 Å². The molecule has 19 heavy (non-hydrogen) atoms. The van der Waals surface area contributed by atoms with Crippen molar-refractivity contribution in [1.29, 1.82) is 0 Å². The number of rotatable bonds is 4. The zero-order valence-electron chi connectivity index (χ0n) is 10.8. The van der Waals surface area contributed by atoms with E-state index in [4.69, 9.17) is 0 Å². The molecule has 2 aromatic rings. The maximum atomic E-state index is 11.9. The van der Waals surface area contributed by atoms with Crippen LogP contribution in [0.15, 0.2) is 34.2 Å². The minimum absolute atomic E-state index is 0.0309. The summed E-state index contributed by atoms with van der Waals surface area (Å²) in [5.41, 5.74) is 1.82. The molecule has 0 saturated heterocycles. The van der Waals surface area contributed by atoms with Gasteiger partial charge in [-0.1, -0.05) is 55.5 Å². The van der Waals surface area contributed by atoms with Crippen LogP contribution in [0.4, 0.5) is 5.00 Å². The Hall–Kier alpha value is -1.20. The number of aromatic nitrogens is 1. The molecule has 1 aromatic carbocycles. The van der Waals surface area contributed by atoms with Crippen LogP contribution in [-0.4, -0.2) is 10.9 Å². The van der Waals surface area contributed by atoms with Crippen molar-refractivity contribution in [3.05, 3.63) is 34.2 Å². The van der Waals surface area contributed by atoms with Crippen LogP contribution in [-0.2, 0) is 4.79 Å². The van der Waals surface area contributed by atoms with Gasteiger partial charge in [0.25, 0.3) is 0 Å². The Morgan fingerprint density at radius 2 is 2.05 bits per heavy atom. The Kier molecular flexibility index (Phi) is 4.71. The van der Waals surface area contributed by atoms with Gasteiger partial charge in [-0.15, -0.1) is 0 Å². The molecule has 0 fully saturated rings. The van der Waals surface area contributed by atoms with E-state index in [1.165, 1.54) is 11.3 Å². The minimum Gasteiger partial charge on any atom is -0.316 e. The number of amides is 1. The average molecular weight is 339 g/mol. The zero-order chi connectivity index (χ0) is 13.8. The highest BCUT2D eigenvalue weighted by atomic mass is 79.9. The van der Waals surface area contributed by atoms with Crippen molar-refractivity contribution in [2.24, 2.45) is 5.92 Å². The minimum atomic E-state index is 0.0309. The molecule has 1 N–H and O–H groups in total. The second-order valence-corrected chi connectivity index (χ2v) is 6.93. The van der Waals surface area contributed by atoms with E-state index in [1.807, 2.05) is 44.2 Å². The predicted octanol–water partition coefficient (Wildman–Crippen LogP) is 4.56. The van der Waals surface area contributed by atoms with Gasteiger partial charge in [-0.3, -0.25) is 4.79 Å². The molecule has 0 spiro atoms. The second-order valence-electron chi connectivity index (χ2n) is 4.66. The molecule has 0 aliphatic rings. The number of anilines is 1. The van der Waals surface area contributed by atoms with Gasteiger partial charge in [-0.05, 0) is 21.8 Å². The van der Waals surface area contributed by atoms with Crippen LogP contribution in [0.5, 0.6) is 0 Å². The van der Waals surface area contributed by atoms with Crippen molar-refractivity contribution < 1.29 is 4.79 Å². The van der Waals surface area contributed by atoms with Crippen LogP contribution in [0.1, 0.15) is 20.3 Å². The van der Waals surface area contributed by atoms with Gasteiger partial charge in [0.15, 0.2) is 3.92 Å². The number of halogens is 1. The quantitative estimate of drug-likeness (QED) is 0.887. The summed E-state index contributed by atoms with van der Waals surface area (Å²) in [6.45, 7) is 4.06. The van der Waals surface area contributed by atoms with Crippen LogP contribution < -0.4 is 5.32 Å². The largest absolute Gasteiger partial charge is 0.316 e. The number of hydrogen-bond donors (Lipinski definition) is 1. The van der Waals surface area contributed by atoms with E-state index in [9.17, 15) is 4.79 Å². The van der Waals surface area contributed by atoms with Gasteiger partial charge < -0.3 is 5.32 Å². The van der Waals surface area contributed by atoms with Crippen LogP contribution in [0.2, 0.25) is 0 Å². The van der Waals surface area contributed by atoms with Gasteiger partial charge in [-0.2, -0.15) is 0 Å². The average Bonchev–Trinajstić information content (AvgIpc) is 2.70. The van der Waals surface area contributed by atoms with Gasteiger partial charge in [0.05, 0.1) is 0 Å². The summed E-state index contributed by atoms with van der Waals surface area (Å²) in [5.74, 6) is 0.375. The first-order chi connectivity index (χ1) is 9.06. The Morgan fingerprint density at radius 1 is 1.37 bits per heavy atom. The van der Waals surface area contributed by atoms with Gasteiger partial charge >= 0.3 is 0 Å². The number of nitrogens with one attached hydrogen (secondary N) is 1. The van der Waals surface area contributed by atoms with Gasteiger partial charge in [0.2, 0.25) is 5.91 Å². The van der Waals surface area contributed by atoms with Crippen molar-refractivity contribution in [2.75, 3.05) is 5.32 Å². The maximum Gasteiger partial charge on any atom is 0.225 e. The normalized spacial score (nSPS) is 10.7. The van der Waals surface area contributed by atoms with E-state index in [2.05, 4.69) is 26.2 Å². The van der Waals surface area contributed by atoms with Crippen LogP contribution in [0.25, 0.3) is 11.3 Å². The number of carbonyl (C=O) groups excluding carboxylic acids is 1. The van der Waals surface area contributed by atoms with E-state index < -0.39 is 0 Å². The number of nitrogens with zero attached hydrogens (tertiary/aromatic N) is 1. The Morgan fingerprint density at radius 3 is 2.68 bits per heavy atom. The molecule has 3 nitrogen and oxygen atoms in total. The third-order valence-corrected chi connectivity index (χ3v) is 3.92. The Bertz CT molecular complexity index is 566. The Labute approximate surface area is 125 Å². The summed E-state index contributed by atoms with van der Waals surface area (Å²) >= 11 is 4.82. The lowest BCUT2D eigenvalue weighted by Gasteiger charge is -2.06. The van der Waals surface area contributed by atoms with Crippen molar-refractivity contribution in [3.63, 3.8) is 0 Å². The lowest BCUT2D eigenvalue weighted by molar-refractivity contribution is -0.116. The monoisotopic (exact) mass is 338 g/mol. The molecule has 5 heteroatoms. The standard InChI is InChI=1S/C14H15BrN2OS/c1-9(2)8-11(18)16-13-12(17-14(15)19-13)10-6-4-3-5-7-10/h3-7,9H,8H2,1-2H3,(H,16,18). The lowest BCUT2D eigenvalue weighted by Crippen LogP contribution is -2.13. The molecule has 0 unspecified atom stereocenters.